The van der Waals surface area contributed by atoms with Crippen LogP contribution in [0.4, 0.5) is 0 Å². The van der Waals surface area contributed by atoms with Crippen LogP contribution >= 0.6 is 0 Å². The fourth-order valence-electron chi connectivity index (χ4n) is 1.77. The molecule has 0 bridgehead atoms. The maximum atomic E-state index is 5.58. The monoisotopic (exact) mass is 187 g/mol. The zero-order valence-corrected chi connectivity index (χ0v) is 7.78. The fourth-order valence-corrected chi connectivity index (χ4v) is 1.77. The van der Waals surface area contributed by atoms with Gasteiger partial charge in [-0.3, -0.25) is 0 Å². The lowest BCUT2D eigenvalue weighted by atomic mass is 10.1. The van der Waals surface area contributed by atoms with Gasteiger partial charge in [-0.2, -0.15) is 0 Å². The predicted octanol–water partition coefficient (Wildman–Crippen LogP) is 0.256. The van der Waals surface area contributed by atoms with Gasteiger partial charge in [-0.1, -0.05) is 0 Å². The summed E-state index contributed by atoms with van der Waals surface area (Å²) in [6.07, 6.45) is 3.43. The molecule has 4 heteroatoms. The van der Waals surface area contributed by atoms with Crippen LogP contribution in [0.3, 0.4) is 0 Å². The van der Waals surface area contributed by atoms with Crippen LogP contribution in [0.1, 0.15) is 19.3 Å². The van der Waals surface area contributed by atoms with E-state index in [4.69, 9.17) is 19.9 Å². The van der Waals surface area contributed by atoms with Gasteiger partial charge in [0.05, 0.1) is 12.7 Å². The van der Waals surface area contributed by atoms with E-state index < -0.39 is 0 Å². The van der Waals surface area contributed by atoms with Gasteiger partial charge in [0.25, 0.3) is 0 Å². The van der Waals surface area contributed by atoms with E-state index in [-0.39, 0.29) is 18.5 Å². The topological polar surface area (TPSA) is 53.7 Å². The standard InChI is InChI=1S/C9H17NO3/c10-5-7-6-12-9(13-7)8-3-1-2-4-11-8/h7-9H,1-6,10H2. The van der Waals surface area contributed by atoms with E-state index in [0.29, 0.717) is 13.2 Å². The molecule has 0 aromatic carbocycles. The lowest BCUT2D eigenvalue weighted by molar-refractivity contribution is -0.162. The Hall–Kier alpha value is -0.160. The molecule has 0 spiro atoms. The van der Waals surface area contributed by atoms with Gasteiger partial charge in [0.2, 0.25) is 0 Å². The summed E-state index contributed by atoms with van der Waals surface area (Å²) in [7, 11) is 0. The third-order valence-electron chi connectivity index (χ3n) is 2.55. The fraction of sp³-hybridized carbons (Fsp3) is 1.00. The van der Waals surface area contributed by atoms with Crippen LogP contribution in [0.15, 0.2) is 0 Å². The third kappa shape index (κ3) is 2.20. The summed E-state index contributed by atoms with van der Waals surface area (Å²) in [6.45, 7) is 1.98. The number of hydrogen-bond acceptors (Lipinski definition) is 4. The minimum absolute atomic E-state index is 0.0653. The largest absolute Gasteiger partial charge is 0.373 e. The quantitative estimate of drug-likeness (QED) is 0.673. The van der Waals surface area contributed by atoms with E-state index in [2.05, 4.69) is 0 Å². The minimum atomic E-state index is -0.172. The molecule has 3 atom stereocenters. The SMILES string of the molecule is NCC1COC(C2CCCCO2)O1. The van der Waals surface area contributed by atoms with E-state index in [1.807, 2.05) is 0 Å². The molecule has 2 N–H and O–H groups in total. The second-order valence-corrected chi connectivity index (χ2v) is 3.60. The molecule has 13 heavy (non-hydrogen) atoms. The van der Waals surface area contributed by atoms with Gasteiger partial charge in [-0.05, 0) is 19.3 Å². The molecule has 2 rings (SSSR count). The van der Waals surface area contributed by atoms with Crippen molar-refractivity contribution in [3.63, 3.8) is 0 Å². The number of nitrogens with two attached hydrogens (primary N) is 1. The first-order chi connectivity index (χ1) is 6.40. The molecule has 0 radical (unpaired) electrons. The first-order valence-electron chi connectivity index (χ1n) is 4.99. The van der Waals surface area contributed by atoms with Crippen LogP contribution in [0.2, 0.25) is 0 Å². The smallest absolute Gasteiger partial charge is 0.184 e. The van der Waals surface area contributed by atoms with Crippen LogP contribution in [-0.4, -0.2) is 38.3 Å². The van der Waals surface area contributed by atoms with Gasteiger partial charge in [0.15, 0.2) is 6.29 Å². The normalized spacial score (nSPS) is 40.8. The lowest BCUT2D eigenvalue weighted by Gasteiger charge is -2.26. The van der Waals surface area contributed by atoms with E-state index in [9.17, 15) is 0 Å². The Labute approximate surface area is 78.3 Å². The van der Waals surface area contributed by atoms with Gasteiger partial charge >= 0.3 is 0 Å². The summed E-state index contributed by atoms with van der Waals surface area (Å²) >= 11 is 0. The third-order valence-corrected chi connectivity index (χ3v) is 2.55. The molecule has 0 aromatic heterocycles. The summed E-state index contributed by atoms with van der Waals surface area (Å²) in [6, 6.07) is 0. The van der Waals surface area contributed by atoms with Gasteiger partial charge in [-0.15, -0.1) is 0 Å². The molecule has 0 amide bonds. The van der Waals surface area contributed by atoms with Gasteiger partial charge < -0.3 is 19.9 Å². The second kappa shape index (κ2) is 4.37. The van der Waals surface area contributed by atoms with Crippen molar-refractivity contribution in [1.29, 1.82) is 0 Å². The van der Waals surface area contributed by atoms with Crippen LogP contribution < -0.4 is 5.73 Å². The van der Waals surface area contributed by atoms with Crippen molar-refractivity contribution in [1.82, 2.24) is 0 Å². The minimum Gasteiger partial charge on any atom is -0.373 e. The molecular weight excluding hydrogens is 170 g/mol. The first kappa shape index (κ1) is 9.40. The Morgan fingerprint density at radius 1 is 1.23 bits per heavy atom. The predicted molar refractivity (Wildman–Crippen MR) is 47.3 cm³/mol. The van der Waals surface area contributed by atoms with Gasteiger partial charge in [-0.25, -0.2) is 0 Å². The molecule has 2 heterocycles. The highest BCUT2D eigenvalue weighted by Crippen LogP contribution is 2.23. The van der Waals surface area contributed by atoms with Gasteiger partial charge in [0, 0.05) is 13.2 Å². The highest BCUT2D eigenvalue weighted by atomic mass is 16.7. The van der Waals surface area contributed by atoms with E-state index in [1.165, 1.54) is 6.42 Å². The van der Waals surface area contributed by atoms with Crippen LogP contribution in [0.5, 0.6) is 0 Å². The van der Waals surface area contributed by atoms with Crippen molar-refractivity contribution < 1.29 is 14.2 Å². The summed E-state index contributed by atoms with van der Waals surface area (Å²) in [5, 5.41) is 0. The molecule has 0 saturated carbocycles. The summed E-state index contributed by atoms with van der Waals surface area (Å²) in [5.74, 6) is 0. The van der Waals surface area contributed by atoms with Crippen molar-refractivity contribution in [2.24, 2.45) is 5.73 Å². The molecule has 0 aromatic rings. The molecule has 4 nitrogen and oxygen atoms in total. The van der Waals surface area contributed by atoms with Crippen molar-refractivity contribution in [3.8, 4) is 0 Å². The second-order valence-electron chi connectivity index (χ2n) is 3.60. The summed E-state index contributed by atoms with van der Waals surface area (Å²) < 4.78 is 16.6. The molecule has 0 aliphatic carbocycles. The Bertz CT molecular complexity index is 159. The van der Waals surface area contributed by atoms with Gasteiger partial charge in [0.1, 0.15) is 6.10 Å². The van der Waals surface area contributed by atoms with Crippen LogP contribution in [-0.2, 0) is 14.2 Å². The zero-order chi connectivity index (χ0) is 9.10. The highest BCUT2D eigenvalue weighted by molar-refractivity contribution is 4.74. The molecular formula is C9H17NO3. The molecule has 2 saturated heterocycles. The van der Waals surface area contributed by atoms with Crippen LogP contribution in [0.25, 0.3) is 0 Å². The Balaban J connectivity index is 1.80. The average molecular weight is 187 g/mol. The highest BCUT2D eigenvalue weighted by Gasteiger charge is 2.33. The zero-order valence-electron chi connectivity index (χ0n) is 7.78. The van der Waals surface area contributed by atoms with Crippen LogP contribution in [0, 0.1) is 0 Å². The van der Waals surface area contributed by atoms with E-state index in [1.54, 1.807) is 0 Å². The maximum Gasteiger partial charge on any atom is 0.184 e. The molecule has 76 valence electrons. The van der Waals surface area contributed by atoms with Crippen molar-refractivity contribution in [3.05, 3.63) is 0 Å². The summed E-state index contributed by atoms with van der Waals surface area (Å²) in [5.41, 5.74) is 5.48. The Morgan fingerprint density at radius 3 is 2.77 bits per heavy atom. The van der Waals surface area contributed by atoms with Crippen molar-refractivity contribution in [2.45, 2.75) is 37.8 Å². The molecule has 2 aliphatic rings. The van der Waals surface area contributed by atoms with E-state index >= 15 is 0 Å². The lowest BCUT2D eigenvalue weighted by Crippen LogP contribution is -2.34. The molecule has 3 unspecified atom stereocenters. The maximum absolute atomic E-state index is 5.58. The van der Waals surface area contributed by atoms with Crippen molar-refractivity contribution >= 4 is 0 Å². The average Bonchev–Trinajstić information content (AvgIpc) is 2.67. The van der Waals surface area contributed by atoms with Crippen molar-refractivity contribution in [2.75, 3.05) is 19.8 Å². The number of hydrogen-bond donors (Lipinski definition) is 1. The molecule has 2 aliphatic heterocycles. The Kier molecular flexibility index (Phi) is 3.16. The number of ether oxygens (including phenoxy) is 3. The Morgan fingerprint density at radius 2 is 2.15 bits per heavy atom. The summed E-state index contributed by atoms with van der Waals surface area (Å²) in [4.78, 5) is 0. The number of rotatable bonds is 2. The molecule has 2 fully saturated rings. The first-order valence-corrected chi connectivity index (χ1v) is 4.99. The van der Waals surface area contributed by atoms with E-state index in [0.717, 1.165) is 19.4 Å².